The molecule has 3 aromatic carbocycles. The van der Waals surface area contributed by atoms with Gasteiger partial charge in [-0.15, -0.1) is 0 Å². The summed E-state index contributed by atoms with van der Waals surface area (Å²) in [5, 5.41) is 0.484. The van der Waals surface area contributed by atoms with Gasteiger partial charge in [-0.25, -0.2) is 0 Å². The highest BCUT2D eigenvalue weighted by Crippen LogP contribution is 2.29. The van der Waals surface area contributed by atoms with Crippen LogP contribution in [0.15, 0.2) is 83.7 Å². The van der Waals surface area contributed by atoms with E-state index in [-0.39, 0.29) is 29.9 Å². The molecule has 0 spiro atoms. The van der Waals surface area contributed by atoms with E-state index in [0.717, 1.165) is 11.1 Å². The number of H-pyrrole nitrogens is 1. The van der Waals surface area contributed by atoms with Crippen LogP contribution in [-0.2, 0) is 16.1 Å². The number of aromatic nitrogens is 2. The number of hydrogen-bond acceptors (Lipinski definition) is 5. The summed E-state index contributed by atoms with van der Waals surface area (Å²) in [6.07, 6.45) is -0.0479. The summed E-state index contributed by atoms with van der Waals surface area (Å²) >= 11 is 5.24. The summed E-state index contributed by atoms with van der Waals surface area (Å²) in [5.74, 6) is -0.427. The van der Waals surface area contributed by atoms with E-state index in [1.54, 1.807) is 30.3 Å². The number of hydrazine groups is 1. The predicted octanol–water partition coefficient (Wildman–Crippen LogP) is 3.34. The van der Waals surface area contributed by atoms with Gasteiger partial charge in [0.25, 0.3) is 11.5 Å². The number of aromatic amines is 1. The first-order chi connectivity index (χ1) is 16.5. The fourth-order valence-electron chi connectivity index (χ4n) is 3.45. The molecule has 34 heavy (non-hydrogen) atoms. The van der Waals surface area contributed by atoms with Crippen molar-refractivity contribution in [2.24, 2.45) is 0 Å². The van der Waals surface area contributed by atoms with Gasteiger partial charge < -0.3 is 9.72 Å². The Morgan fingerprint density at radius 1 is 0.882 bits per heavy atom. The smallest absolute Gasteiger partial charge is 0.276 e. The van der Waals surface area contributed by atoms with Gasteiger partial charge in [0.15, 0.2) is 11.4 Å². The van der Waals surface area contributed by atoms with Crippen LogP contribution in [0.4, 0.5) is 0 Å². The molecular formula is C25H22N4O4S. The summed E-state index contributed by atoms with van der Waals surface area (Å²) in [4.78, 5) is 40.0. The zero-order valence-electron chi connectivity index (χ0n) is 18.1. The van der Waals surface area contributed by atoms with Crippen molar-refractivity contribution in [1.29, 1.82) is 0 Å². The largest absolute Gasteiger partial charge is 0.483 e. The minimum Gasteiger partial charge on any atom is -0.483 e. The molecule has 0 bridgehead atoms. The molecule has 0 saturated carbocycles. The Balaban J connectivity index is 1.29. The molecule has 172 valence electrons. The highest BCUT2D eigenvalue weighted by atomic mass is 32.1. The molecule has 4 rings (SSSR count). The summed E-state index contributed by atoms with van der Waals surface area (Å²) in [5.41, 5.74) is 6.84. The molecule has 0 radical (unpaired) electrons. The standard InChI is InChI=1S/C25H22N4O4S/c30-22(14-15-29-24(32)19-11-4-6-12-20(19)26-25(29)34)27-28-23(31)16-33-21-13-7-5-10-18(21)17-8-2-1-3-9-17/h1-13H,14-16H2,(H,26,34)(H,27,30)(H,28,31). The lowest BCUT2D eigenvalue weighted by atomic mass is 10.1. The first-order valence-electron chi connectivity index (χ1n) is 10.6. The van der Waals surface area contributed by atoms with E-state index in [1.165, 1.54) is 4.57 Å². The number of carbonyl (C=O) groups is 2. The Hall–Kier alpha value is -4.24. The zero-order chi connectivity index (χ0) is 23.9. The van der Waals surface area contributed by atoms with Crippen molar-refractivity contribution in [1.82, 2.24) is 20.4 Å². The third-order valence-electron chi connectivity index (χ3n) is 5.12. The number of amides is 2. The highest BCUT2D eigenvalue weighted by molar-refractivity contribution is 7.71. The Morgan fingerprint density at radius 2 is 1.56 bits per heavy atom. The molecular weight excluding hydrogens is 452 g/mol. The Bertz CT molecular complexity index is 1450. The van der Waals surface area contributed by atoms with E-state index in [0.29, 0.717) is 16.7 Å². The van der Waals surface area contributed by atoms with E-state index in [2.05, 4.69) is 15.8 Å². The number of ether oxygens (including phenoxy) is 1. The summed E-state index contributed by atoms with van der Waals surface area (Å²) < 4.78 is 7.21. The van der Waals surface area contributed by atoms with Crippen LogP contribution < -0.4 is 21.1 Å². The summed E-state index contributed by atoms with van der Waals surface area (Å²) in [7, 11) is 0. The molecule has 3 N–H and O–H groups in total. The van der Waals surface area contributed by atoms with Crippen LogP contribution in [0.2, 0.25) is 0 Å². The normalized spacial score (nSPS) is 10.6. The highest BCUT2D eigenvalue weighted by Gasteiger charge is 2.11. The molecule has 0 saturated heterocycles. The van der Waals surface area contributed by atoms with Gasteiger partial charge in [0.1, 0.15) is 5.75 Å². The molecule has 8 nitrogen and oxygen atoms in total. The van der Waals surface area contributed by atoms with Crippen molar-refractivity contribution in [2.45, 2.75) is 13.0 Å². The fourth-order valence-corrected chi connectivity index (χ4v) is 3.73. The van der Waals surface area contributed by atoms with Gasteiger partial charge in [0.2, 0.25) is 5.91 Å². The van der Waals surface area contributed by atoms with Gasteiger partial charge in [-0.1, -0.05) is 60.7 Å². The lowest BCUT2D eigenvalue weighted by molar-refractivity contribution is -0.130. The number of rotatable bonds is 7. The predicted molar refractivity (Wildman–Crippen MR) is 132 cm³/mol. The van der Waals surface area contributed by atoms with Crippen LogP contribution in [0, 0.1) is 4.77 Å². The van der Waals surface area contributed by atoms with E-state index in [4.69, 9.17) is 17.0 Å². The van der Waals surface area contributed by atoms with Crippen LogP contribution in [0.25, 0.3) is 22.0 Å². The maximum atomic E-state index is 12.6. The molecule has 0 fully saturated rings. The van der Waals surface area contributed by atoms with Crippen molar-refractivity contribution < 1.29 is 14.3 Å². The molecule has 1 aromatic heterocycles. The number of para-hydroxylation sites is 2. The first-order valence-corrected chi connectivity index (χ1v) is 11.0. The summed E-state index contributed by atoms with van der Waals surface area (Å²) in [6, 6.07) is 24.1. The molecule has 0 aliphatic heterocycles. The van der Waals surface area contributed by atoms with Gasteiger partial charge in [-0.3, -0.25) is 29.8 Å². The second-order valence-electron chi connectivity index (χ2n) is 7.43. The van der Waals surface area contributed by atoms with Crippen molar-refractivity contribution in [3.63, 3.8) is 0 Å². The van der Waals surface area contributed by atoms with Crippen molar-refractivity contribution in [3.05, 3.63) is 94.0 Å². The van der Waals surface area contributed by atoms with Gasteiger partial charge in [-0.05, 0) is 36.0 Å². The van der Waals surface area contributed by atoms with E-state index in [1.807, 2.05) is 48.5 Å². The average molecular weight is 475 g/mol. The fraction of sp³-hybridized carbons (Fsp3) is 0.120. The molecule has 2 amide bonds. The number of benzene rings is 3. The van der Waals surface area contributed by atoms with Crippen molar-refractivity contribution in [2.75, 3.05) is 6.61 Å². The zero-order valence-corrected chi connectivity index (χ0v) is 18.9. The average Bonchev–Trinajstić information content (AvgIpc) is 2.87. The quantitative estimate of drug-likeness (QED) is 0.281. The van der Waals surface area contributed by atoms with Crippen LogP contribution >= 0.6 is 12.2 Å². The van der Waals surface area contributed by atoms with Crippen LogP contribution in [0.1, 0.15) is 6.42 Å². The molecule has 0 aliphatic rings. The van der Waals surface area contributed by atoms with E-state index < -0.39 is 11.8 Å². The third-order valence-corrected chi connectivity index (χ3v) is 5.45. The Labute approximate surface area is 200 Å². The Kier molecular flexibility index (Phi) is 7.14. The number of hydrogen-bond donors (Lipinski definition) is 3. The van der Waals surface area contributed by atoms with Gasteiger partial charge in [0.05, 0.1) is 10.9 Å². The SMILES string of the molecule is O=C(CCn1c(=S)[nH]c2ccccc2c1=O)NNC(=O)COc1ccccc1-c1ccccc1. The minimum atomic E-state index is -0.517. The molecule has 1 heterocycles. The van der Waals surface area contributed by atoms with Gasteiger partial charge in [-0.2, -0.15) is 0 Å². The maximum Gasteiger partial charge on any atom is 0.276 e. The Morgan fingerprint density at radius 3 is 2.38 bits per heavy atom. The molecule has 4 aromatic rings. The number of nitrogens with one attached hydrogen (secondary N) is 3. The number of nitrogens with zero attached hydrogens (tertiary/aromatic N) is 1. The monoisotopic (exact) mass is 474 g/mol. The maximum absolute atomic E-state index is 12.6. The second-order valence-corrected chi connectivity index (χ2v) is 7.82. The molecule has 9 heteroatoms. The summed E-state index contributed by atoms with van der Waals surface area (Å²) in [6.45, 7) is -0.207. The van der Waals surface area contributed by atoms with Crippen molar-refractivity contribution >= 4 is 34.9 Å². The number of carbonyl (C=O) groups excluding carboxylic acids is 2. The van der Waals surface area contributed by atoms with Crippen LogP contribution in [-0.4, -0.2) is 28.0 Å². The van der Waals surface area contributed by atoms with Crippen LogP contribution in [0.5, 0.6) is 5.75 Å². The second kappa shape index (κ2) is 10.6. The lowest BCUT2D eigenvalue weighted by Gasteiger charge is -2.12. The van der Waals surface area contributed by atoms with E-state index in [9.17, 15) is 14.4 Å². The topological polar surface area (TPSA) is 105 Å². The molecule has 0 unspecified atom stereocenters. The van der Waals surface area contributed by atoms with Gasteiger partial charge in [0, 0.05) is 18.5 Å². The van der Waals surface area contributed by atoms with E-state index >= 15 is 0 Å². The third kappa shape index (κ3) is 5.38. The van der Waals surface area contributed by atoms with Crippen LogP contribution in [0.3, 0.4) is 0 Å². The molecule has 0 atom stereocenters. The minimum absolute atomic E-state index is 0.0479. The lowest BCUT2D eigenvalue weighted by Crippen LogP contribution is -2.44. The first kappa shape index (κ1) is 22.9. The van der Waals surface area contributed by atoms with Gasteiger partial charge >= 0.3 is 0 Å². The van der Waals surface area contributed by atoms with Crippen molar-refractivity contribution in [3.8, 4) is 16.9 Å². The molecule has 0 aliphatic carbocycles. The number of fused-ring (bicyclic) bond motifs is 1.